The highest BCUT2D eigenvalue weighted by Crippen LogP contribution is 2.20. The smallest absolute Gasteiger partial charge is 0.239 e. The highest BCUT2D eigenvalue weighted by Gasteiger charge is 2.30. The number of nitrogens with one attached hydrogen (secondary N) is 1. The summed E-state index contributed by atoms with van der Waals surface area (Å²) < 4.78 is 40.3. The van der Waals surface area contributed by atoms with Crippen LogP contribution in [0.5, 0.6) is 0 Å². The van der Waals surface area contributed by atoms with Crippen LogP contribution in [0.2, 0.25) is 0 Å². The maximum atomic E-state index is 13.8. The van der Waals surface area contributed by atoms with Crippen LogP contribution in [0.3, 0.4) is 0 Å². The Labute approximate surface area is 153 Å². The number of aryl methyl sites for hydroxylation is 1. The number of benzene rings is 1. The van der Waals surface area contributed by atoms with Gasteiger partial charge in [-0.3, -0.25) is 14.3 Å². The van der Waals surface area contributed by atoms with Crippen molar-refractivity contribution in [3.63, 3.8) is 0 Å². The van der Waals surface area contributed by atoms with Gasteiger partial charge in [0.05, 0.1) is 5.75 Å². The molecule has 1 aromatic carbocycles. The van der Waals surface area contributed by atoms with Crippen LogP contribution in [0.15, 0.2) is 18.2 Å². The minimum Gasteiger partial charge on any atom is -0.342 e. The van der Waals surface area contributed by atoms with Crippen LogP contribution in [0.25, 0.3) is 0 Å². The lowest BCUT2D eigenvalue weighted by atomic mass is 9.95. The Kier molecular flexibility index (Phi) is 6.39. The van der Waals surface area contributed by atoms with Gasteiger partial charge in [-0.2, -0.15) is 0 Å². The van der Waals surface area contributed by atoms with Gasteiger partial charge in [0.25, 0.3) is 0 Å². The molecule has 0 aromatic heterocycles. The van der Waals surface area contributed by atoms with E-state index in [4.69, 9.17) is 0 Å². The molecule has 0 spiro atoms. The van der Waals surface area contributed by atoms with E-state index in [9.17, 15) is 22.4 Å². The lowest BCUT2D eigenvalue weighted by Gasteiger charge is -2.32. The van der Waals surface area contributed by atoms with E-state index in [1.165, 1.54) is 12.1 Å². The number of nitrogens with zero attached hydrogens (tertiary/aromatic N) is 1. The molecule has 0 saturated carbocycles. The van der Waals surface area contributed by atoms with Gasteiger partial charge in [0.1, 0.15) is 5.82 Å². The maximum Gasteiger partial charge on any atom is 0.239 e. The summed E-state index contributed by atoms with van der Waals surface area (Å²) in [6.45, 7) is 6.21. The Morgan fingerprint density at radius 1 is 1.27 bits per heavy atom. The molecule has 0 atom stereocenters. The predicted octanol–water partition coefficient (Wildman–Crippen LogP) is 1.97. The summed E-state index contributed by atoms with van der Waals surface area (Å²) in [5, 5.41) is 0. The Bertz CT molecular complexity index is 784. The van der Waals surface area contributed by atoms with E-state index in [0.29, 0.717) is 31.5 Å². The molecule has 8 heteroatoms. The molecule has 144 valence electrons. The van der Waals surface area contributed by atoms with Crippen molar-refractivity contribution in [1.29, 1.82) is 0 Å². The van der Waals surface area contributed by atoms with Crippen LogP contribution < -0.4 is 4.72 Å². The monoisotopic (exact) mass is 384 g/mol. The molecule has 0 radical (unpaired) electrons. The Hall–Kier alpha value is -1.96. The first kappa shape index (κ1) is 20.4. The molecule has 0 unspecified atom stereocenters. The zero-order chi connectivity index (χ0) is 19.5. The van der Waals surface area contributed by atoms with E-state index < -0.39 is 33.4 Å². The second-order valence-electron chi connectivity index (χ2n) is 7.07. The molecule has 1 aromatic rings. The fourth-order valence-corrected chi connectivity index (χ4v) is 4.16. The first-order valence-corrected chi connectivity index (χ1v) is 10.3. The normalized spacial score (nSPS) is 16.0. The van der Waals surface area contributed by atoms with Crippen molar-refractivity contribution in [3.8, 4) is 0 Å². The summed E-state index contributed by atoms with van der Waals surface area (Å²) in [4.78, 5) is 25.9. The number of likely N-dealkylation sites (tertiary alicyclic amines) is 1. The summed E-state index contributed by atoms with van der Waals surface area (Å²) in [6, 6.07) is 4.29. The number of rotatable bonds is 5. The number of hydrogen-bond acceptors (Lipinski definition) is 4. The molecular weight excluding hydrogens is 359 g/mol. The number of halogens is 1. The lowest BCUT2D eigenvalue weighted by molar-refractivity contribution is -0.137. The van der Waals surface area contributed by atoms with Crippen molar-refractivity contribution in [2.45, 2.75) is 39.4 Å². The molecule has 26 heavy (non-hydrogen) atoms. The molecule has 1 fully saturated rings. The summed E-state index contributed by atoms with van der Waals surface area (Å²) >= 11 is 0. The summed E-state index contributed by atoms with van der Waals surface area (Å²) in [5.74, 6) is -2.33. The molecule has 1 saturated heterocycles. The average molecular weight is 384 g/mol. The van der Waals surface area contributed by atoms with Crippen molar-refractivity contribution in [1.82, 2.24) is 9.62 Å². The van der Waals surface area contributed by atoms with Crippen molar-refractivity contribution in [3.05, 3.63) is 35.1 Å². The van der Waals surface area contributed by atoms with Crippen molar-refractivity contribution in [2.75, 3.05) is 13.1 Å². The third-order valence-electron chi connectivity index (χ3n) is 4.48. The van der Waals surface area contributed by atoms with Gasteiger partial charge in [-0.05, 0) is 31.4 Å². The zero-order valence-electron chi connectivity index (χ0n) is 15.3. The quantitative estimate of drug-likeness (QED) is 0.841. The Morgan fingerprint density at radius 2 is 1.88 bits per heavy atom. The van der Waals surface area contributed by atoms with Crippen molar-refractivity contribution >= 4 is 21.8 Å². The molecular formula is C18H25FN2O4S. The molecule has 0 bridgehead atoms. The van der Waals surface area contributed by atoms with Gasteiger partial charge in [-0.25, -0.2) is 12.8 Å². The van der Waals surface area contributed by atoms with Crippen molar-refractivity contribution < 1.29 is 22.4 Å². The molecule has 1 heterocycles. The van der Waals surface area contributed by atoms with Crippen LogP contribution in [0.4, 0.5) is 4.39 Å². The Morgan fingerprint density at radius 3 is 2.42 bits per heavy atom. The van der Waals surface area contributed by atoms with E-state index in [1.54, 1.807) is 17.9 Å². The lowest BCUT2D eigenvalue weighted by Crippen LogP contribution is -2.45. The molecule has 2 amide bonds. The van der Waals surface area contributed by atoms with Crippen molar-refractivity contribution in [2.24, 2.45) is 11.8 Å². The zero-order valence-corrected chi connectivity index (χ0v) is 16.1. The molecule has 1 N–H and O–H groups in total. The molecule has 1 aliphatic heterocycles. The summed E-state index contributed by atoms with van der Waals surface area (Å²) in [6.07, 6.45) is 0.831. The number of hydrogen-bond donors (Lipinski definition) is 1. The summed E-state index contributed by atoms with van der Waals surface area (Å²) in [7, 11) is -3.98. The highest BCUT2D eigenvalue weighted by molar-refractivity contribution is 7.89. The van der Waals surface area contributed by atoms with Crippen LogP contribution in [0.1, 0.15) is 37.8 Å². The third-order valence-corrected chi connectivity index (χ3v) is 5.68. The van der Waals surface area contributed by atoms with Gasteiger partial charge in [-0.15, -0.1) is 0 Å². The van der Waals surface area contributed by atoms with Crippen LogP contribution >= 0.6 is 0 Å². The predicted molar refractivity (Wildman–Crippen MR) is 96.0 cm³/mol. The molecule has 6 nitrogen and oxygen atoms in total. The molecule has 2 rings (SSSR count). The maximum absolute atomic E-state index is 13.8. The van der Waals surface area contributed by atoms with E-state index in [-0.39, 0.29) is 17.4 Å². The second-order valence-corrected chi connectivity index (χ2v) is 8.80. The largest absolute Gasteiger partial charge is 0.342 e. The SMILES string of the molecule is Cc1ccc(CS(=O)(=O)NC(=O)C2CCN(C(=O)C(C)C)CC2)c(F)c1. The van der Waals surface area contributed by atoms with Gasteiger partial charge >= 0.3 is 0 Å². The van der Waals surface area contributed by atoms with Gasteiger partial charge < -0.3 is 4.90 Å². The minimum absolute atomic E-state index is 0.0215. The molecule has 0 aliphatic carbocycles. The third kappa shape index (κ3) is 5.27. The standard InChI is InChI=1S/C18H25FN2O4S/c1-12(2)18(23)21-8-6-14(7-9-21)17(22)20-26(24,25)11-15-5-4-13(3)10-16(15)19/h4-5,10,12,14H,6-9,11H2,1-3H3,(H,20,22). The summed E-state index contributed by atoms with van der Waals surface area (Å²) in [5.41, 5.74) is 0.712. The van der Waals surface area contributed by atoms with Crippen LogP contribution in [-0.2, 0) is 25.4 Å². The number of carbonyl (C=O) groups is 2. The fraction of sp³-hybridized carbons (Fsp3) is 0.556. The van der Waals surface area contributed by atoms with E-state index >= 15 is 0 Å². The number of sulfonamides is 1. The first-order valence-electron chi connectivity index (χ1n) is 8.67. The second kappa shape index (κ2) is 8.16. The fourth-order valence-electron chi connectivity index (χ4n) is 2.97. The highest BCUT2D eigenvalue weighted by atomic mass is 32.2. The average Bonchev–Trinajstić information content (AvgIpc) is 2.56. The first-order chi connectivity index (χ1) is 12.1. The van der Waals surface area contributed by atoms with E-state index in [1.807, 2.05) is 18.6 Å². The van der Waals surface area contributed by atoms with Gasteiger partial charge in [-0.1, -0.05) is 26.0 Å². The number of amides is 2. The Balaban J connectivity index is 1.93. The topological polar surface area (TPSA) is 83.6 Å². The van der Waals surface area contributed by atoms with Crippen LogP contribution in [-0.4, -0.2) is 38.2 Å². The molecule has 1 aliphatic rings. The van der Waals surface area contributed by atoms with Gasteiger partial charge in [0.15, 0.2) is 0 Å². The van der Waals surface area contributed by atoms with E-state index in [2.05, 4.69) is 0 Å². The number of piperidine rings is 1. The number of carbonyl (C=O) groups excluding carboxylic acids is 2. The van der Waals surface area contributed by atoms with Gasteiger partial charge in [0.2, 0.25) is 21.8 Å². The van der Waals surface area contributed by atoms with Crippen LogP contribution in [0, 0.1) is 24.6 Å². The van der Waals surface area contributed by atoms with E-state index in [0.717, 1.165) is 0 Å². The van der Waals surface area contributed by atoms with Gasteiger partial charge in [0, 0.05) is 30.5 Å². The minimum atomic E-state index is -3.98.